The molecule has 0 saturated carbocycles. The van der Waals surface area contributed by atoms with Crippen LogP contribution >= 0.6 is 0 Å². The molecule has 1 aromatic heterocycles. The molecule has 2 aromatic rings. The van der Waals surface area contributed by atoms with Crippen LogP contribution in [-0.2, 0) is 5.60 Å². The Hall–Kier alpha value is -2.54. The first-order chi connectivity index (χ1) is 13.0. The van der Waals surface area contributed by atoms with Crippen molar-refractivity contribution in [2.75, 3.05) is 44.2 Å². The summed E-state index contributed by atoms with van der Waals surface area (Å²) in [5, 5.41) is 13.9. The maximum absolute atomic E-state index is 13.1. The molecule has 1 atom stereocenters. The van der Waals surface area contributed by atoms with Crippen LogP contribution in [0.5, 0.6) is 0 Å². The van der Waals surface area contributed by atoms with Gasteiger partial charge in [0.1, 0.15) is 17.2 Å². The summed E-state index contributed by atoms with van der Waals surface area (Å²) >= 11 is 0. The standard InChI is InChI=1S/C20H27FN4O2/c1-3-22-19(23-15-20(2,26)18-5-4-14-27-18)25-12-10-24(11-13-25)17-8-6-16(21)7-9-17/h4-9,14,26H,3,10-13,15H2,1-2H3,(H,22,23). The Morgan fingerprint density at radius 2 is 1.93 bits per heavy atom. The summed E-state index contributed by atoms with van der Waals surface area (Å²) in [6, 6.07) is 10.1. The van der Waals surface area contributed by atoms with E-state index in [1.807, 2.05) is 19.1 Å². The van der Waals surface area contributed by atoms with Gasteiger partial charge in [0, 0.05) is 38.4 Å². The average Bonchev–Trinajstić information content (AvgIpc) is 3.22. The molecule has 0 aliphatic carbocycles. The lowest BCUT2D eigenvalue weighted by molar-refractivity contribution is 0.0434. The van der Waals surface area contributed by atoms with Gasteiger partial charge in [0.2, 0.25) is 0 Å². The third kappa shape index (κ3) is 4.80. The number of furan rings is 1. The smallest absolute Gasteiger partial charge is 0.194 e. The van der Waals surface area contributed by atoms with Crippen LogP contribution in [0, 0.1) is 5.82 Å². The van der Waals surface area contributed by atoms with Crippen LogP contribution in [0.3, 0.4) is 0 Å². The van der Waals surface area contributed by atoms with E-state index in [2.05, 4.69) is 20.1 Å². The van der Waals surface area contributed by atoms with E-state index in [4.69, 9.17) is 4.42 Å². The summed E-state index contributed by atoms with van der Waals surface area (Å²) < 4.78 is 18.4. The molecule has 1 aliphatic rings. The quantitative estimate of drug-likeness (QED) is 0.622. The number of anilines is 1. The molecular weight excluding hydrogens is 347 g/mol. The number of hydrogen-bond donors (Lipinski definition) is 2. The van der Waals surface area contributed by atoms with E-state index < -0.39 is 5.60 Å². The van der Waals surface area contributed by atoms with Gasteiger partial charge >= 0.3 is 0 Å². The normalized spacial score (nSPS) is 17.7. The van der Waals surface area contributed by atoms with E-state index in [0.29, 0.717) is 5.76 Å². The Balaban J connectivity index is 1.63. The van der Waals surface area contributed by atoms with Crippen molar-refractivity contribution in [2.24, 2.45) is 4.99 Å². The van der Waals surface area contributed by atoms with Crippen molar-refractivity contribution >= 4 is 11.6 Å². The highest BCUT2D eigenvalue weighted by Gasteiger charge is 2.27. The molecule has 1 unspecified atom stereocenters. The number of piperazine rings is 1. The summed E-state index contributed by atoms with van der Waals surface area (Å²) in [5.41, 5.74) is -0.126. The number of aliphatic hydroxyl groups is 1. The Kier molecular flexibility index (Phi) is 6.01. The van der Waals surface area contributed by atoms with Crippen molar-refractivity contribution in [3.05, 3.63) is 54.2 Å². The van der Waals surface area contributed by atoms with Crippen LogP contribution < -0.4 is 10.2 Å². The van der Waals surface area contributed by atoms with Gasteiger partial charge in [-0.05, 0) is 50.2 Å². The Bertz CT molecular complexity index is 736. The summed E-state index contributed by atoms with van der Waals surface area (Å²) in [7, 11) is 0. The van der Waals surface area contributed by atoms with Crippen LogP contribution in [0.2, 0.25) is 0 Å². The lowest BCUT2D eigenvalue weighted by Gasteiger charge is -2.38. The zero-order valence-electron chi connectivity index (χ0n) is 15.9. The van der Waals surface area contributed by atoms with E-state index in [0.717, 1.165) is 44.4 Å². The van der Waals surface area contributed by atoms with Gasteiger partial charge in [-0.25, -0.2) is 9.38 Å². The number of nitrogens with one attached hydrogen (secondary N) is 1. The first-order valence-corrected chi connectivity index (χ1v) is 9.30. The van der Waals surface area contributed by atoms with Gasteiger partial charge < -0.3 is 24.6 Å². The van der Waals surface area contributed by atoms with Crippen LogP contribution in [0.15, 0.2) is 52.1 Å². The van der Waals surface area contributed by atoms with Crippen LogP contribution in [0.1, 0.15) is 19.6 Å². The van der Waals surface area contributed by atoms with Gasteiger partial charge in [-0.15, -0.1) is 0 Å². The first-order valence-electron chi connectivity index (χ1n) is 9.30. The Morgan fingerprint density at radius 1 is 1.22 bits per heavy atom. The molecule has 3 rings (SSSR count). The molecule has 146 valence electrons. The maximum Gasteiger partial charge on any atom is 0.194 e. The molecule has 27 heavy (non-hydrogen) atoms. The monoisotopic (exact) mass is 374 g/mol. The third-order valence-electron chi connectivity index (χ3n) is 4.69. The fourth-order valence-electron chi connectivity index (χ4n) is 3.15. The molecule has 0 spiro atoms. The van der Waals surface area contributed by atoms with Crippen molar-refractivity contribution in [3.8, 4) is 0 Å². The molecule has 2 heterocycles. The van der Waals surface area contributed by atoms with E-state index in [9.17, 15) is 9.50 Å². The lowest BCUT2D eigenvalue weighted by atomic mass is 10.0. The lowest BCUT2D eigenvalue weighted by Crippen LogP contribution is -2.52. The third-order valence-corrected chi connectivity index (χ3v) is 4.69. The van der Waals surface area contributed by atoms with Crippen molar-refractivity contribution in [1.82, 2.24) is 10.2 Å². The molecule has 0 amide bonds. The summed E-state index contributed by atoms with van der Waals surface area (Å²) in [5.74, 6) is 1.06. The van der Waals surface area contributed by atoms with Gasteiger partial charge in [-0.2, -0.15) is 0 Å². The van der Waals surface area contributed by atoms with Gasteiger partial charge in [-0.1, -0.05) is 0 Å². The molecule has 1 aromatic carbocycles. The fourth-order valence-corrected chi connectivity index (χ4v) is 3.15. The summed E-state index contributed by atoms with van der Waals surface area (Å²) in [6.45, 7) is 7.93. The highest BCUT2D eigenvalue weighted by molar-refractivity contribution is 5.80. The number of aliphatic imine (C=N–C) groups is 1. The molecule has 0 radical (unpaired) electrons. The molecular formula is C20H27FN4O2. The molecule has 0 bridgehead atoms. The number of rotatable bonds is 5. The highest BCUT2D eigenvalue weighted by atomic mass is 19.1. The molecule has 1 aliphatic heterocycles. The van der Waals surface area contributed by atoms with Gasteiger partial charge in [-0.3, -0.25) is 0 Å². The second kappa shape index (κ2) is 8.43. The molecule has 7 heteroatoms. The number of guanidine groups is 1. The average molecular weight is 374 g/mol. The van der Waals surface area contributed by atoms with Crippen LogP contribution in [0.25, 0.3) is 0 Å². The predicted molar refractivity (Wildman–Crippen MR) is 104 cm³/mol. The minimum atomic E-state index is -1.15. The van der Waals surface area contributed by atoms with Gasteiger partial charge in [0.25, 0.3) is 0 Å². The zero-order chi connectivity index (χ0) is 19.3. The summed E-state index contributed by atoms with van der Waals surface area (Å²) in [4.78, 5) is 9.04. The molecule has 1 saturated heterocycles. The first kappa shape index (κ1) is 19.2. The number of halogens is 1. The Labute approximate surface area is 159 Å². The van der Waals surface area contributed by atoms with E-state index in [1.165, 1.54) is 12.1 Å². The summed E-state index contributed by atoms with van der Waals surface area (Å²) in [6.07, 6.45) is 1.55. The largest absolute Gasteiger partial charge is 0.466 e. The van der Waals surface area contributed by atoms with Gasteiger partial charge in [0.05, 0.1) is 12.8 Å². The number of hydrogen-bond acceptors (Lipinski definition) is 4. The van der Waals surface area contributed by atoms with Crippen molar-refractivity contribution in [3.63, 3.8) is 0 Å². The minimum Gasteiger partial charge on any atom is -0.466 e. The van der Waals surface area contributed by atoms with E-state index in [-0.39, 0.29) is 12.4 Å². The van der Waals surface area contributed by atoms with Crippen molar-refractivity contribution in [1.29, 1.82) is 0 Å². The predicted octanol–water partition coefficient (Wildman–Crippen LogP) is 2.41. The number of nitrogens with zero attached hydrogens (tertiary/aromatic N) is 3. The van der Waals surface area contributed by atoms with E-state index >= 15 is 0 Å². The second-order valence-corrected chi connectivity index (χ2v) is 6.87. The topological polar surface area (TPSA) is 64.2 Å². The Morgan fingerprint density at radius 3 is 2.52 bits per heavy atom. The maximum atomic E-state index is 13.1. The fraction of sp³-hybridized carbons (Fsp3) is 0.450. The minimum absolute atomic E-state index is 0.209. The van der Waals surface area contributed by atoms with Gasteiger partial charge in [0.15, 0.2) is 5.96 Å². The van der Waals surface area contributed by atoms with Crippen molar-refractivity contribution in [2.45, 2.75) is 19.4 Å². The molecule has 1 fully saturated rings. The SMILES string of the molecule is CCNC(=NCC(C)(O)c1ccco1)N1CCN(c2ccc(F)cc2)CC1. The zero-order valence-corrected chi connectivity index (χ0v) is 15.9. The van der Waals surface area contributed by atoms with Crippen LogP contribution in [0.4, 0.5) is 10.1 Å². The second-order valence-electron chi connectivity index (χ2n) is 6.87. The van der Waals surface area contributed by atoms with E-state index in [1.54, 1.807) is 25.3 Å². The number of benzene rings is 1. The van der Waals surface area contributed by atoms with Crippen molar-refractivity contribution < 1.29 is 13.9 Å². The van der Waals surface area contributed by atoms with Crippen LogP contribution in [-0.4, -0.2) is 55.2 Å². The highest BCUT2D eigenvalue weighted by Crippen LogP contribution is 2.21. The molecule has 6 nitrogen and oxygen atoms in total. The molecule has 2 N–H and O–H groups in total.